The van der Waals surface area contributed by atoms with Crippen molar-refractivity contribution in [1.82, 2.24) is 4.98 Å². The number of nitrogen functional groups attached to an aromatic ring is 1. The first-order chi connectivity index (χ1) is 8.97. The van der Waals surface area contributed by atoms with Crippen molar-refractivity contribution >= 4 is 56.4 Å². The summed E-state index contributed by atoms with van der Waals surface area (Å²) in [7, 11) is 0. The average Bonchev–Trinajstić information content (AvgIpc) is 2.36. The van der Waals surface area contributed by atoms with Crippen LogP contribution in [0.4, 0.5) is 11.4 Å². The molecule has 0 aliphatic rings. The van der Waals surface area contributed by atoms with Gasteiger partial charge in [0.2, 0.25) is 0 Å². The van der Waals surface area contributed by atoms with Gasteiger partial charge in [-0.2, -0.15) is 0 Å². The number of halogens is 3. The minimum absolute atomic E-state index is 0.0925. The zero-order chi connectivity index (χ0) is 14.0. The predicted molar refractivity (Wildman–Crippen MR) is 80.8 cm³/mol. The summed E-state index contributed by atoms with van der Waals surface area (Å²) in [5, 5.41) is 3.26. The Hall–Kier alpha value is -1.30. The summed E-state index contributed by atoms with van der Waals surface area (Å²) in [6.07, 6.45) is 1.38. The molecule has 1 heterocycles. The highest BCUT2D eigenvalue weighted by Crippen LogP contribution is 2.26. The lowest BCUT2D eigenvalue weighted by Gasteiger charge is -2.08. The molecule has 0 saturated heterocycles. The molecule has 19 heavy (non-hydrogen) atoms. The van der Waals surface area contributed by atoms with E-state index in [9.17, 15) is 4.79 Å². The van der Waals surface area contributed by atoms with Gasteiger partial charge in [-0.15, -0.1) is 0 Å². The molecule has 0 bridgehead atoms. The van der Waals surface area contributed by atoms with Gasteiger partial charge in [-0.05, 0) is 40.2 Å². The van der Waals surface area contributed by atoms with Crippen LogP contribution in [0, 0.1) is 0 Å². The zero-order valence-corrected chi connectivity index (χ0v) is 12.6. The van der Waals surface area contributed by atoms with Crippen LogP contribution in [-0.2, 0) is 0 Å². The quantitative estimate of drug-likeness (QED) is 0.795. The van der Waals surface area contributed by atoms with E-state index >= 15 is 0 Å². The molecule has 2 rings (SSSR count). The van der Waals surface area contributed by atoms with Gasteiger partial charge in [0, 0.05) is 10.2 Å². The molecule has 2 aromatic rings. The van der Waals surface area contributed by atoms with Gasteiger partial charge < -0.3 is 11.1 Å². The number of pyridine rings is 1. The van der Waals surface area contributed by atoms with Crippen molar-refractivity contribution in [2.24, 2.45) is 0 Å². The van der Waals surface area contributed by atoms with E-state index < -0.39 is 5.91 Å². The van der Waals surface area contributed by atoms with E-state index in [2.05, 4.69) is 26.2 Å². The standard InChI is InChI=1S/C12H8BrCl2N3O/c13-9-2-1-7(4-10(9)14)18-12(19)8-3-6(16)5-17-11(8)15/h1-5H,16H2,(H,18,19). The number of carbonyl (C=O) groups is 1. The molecule has 0 spiro atoms. The lowest BCUT2D eigenvalue weighted by molar-refractivity contribution is 0.102. The number of rotatable bonds is 2. The number of nitrogens with two attached hydrogens (primary N) is 1. The molecule has 0 saturated carbocycles. The summed E-state index contributed by atoms with van der Waals surface area (Å²) < 4.78 is 0.746. The lowest BCUT2D eigenvalue weighted by atomic mass is 10.2. The van der Waals surface area contributed by atoms with Crippen molar-refractivity contribution in [2.45, 2.75) is 0 Å². The van der Waals surface area contributed by atoms with E-state index in [1.54, 1.807) is 18.2 Å². The van der Waals surface area contributed by atoms with Crippen molar-refractivity contribution in [2.75, 3.05) is 11.1 Å². The fraction of sp³-hybridized carbons (Fsp3) is 0. The Bertz CT molecular complexity index is 649. The Morgan fingerprint density at radius 3 is 2.74 bits per heavy atom. The molecule has 0 atom stereocenters. The topological polar surface area (TPSA) is 68.0 Å². The monoisotopic (exact) mass is 359 g/mol. The molecule has 4 nitrogen and oxygen atoms in total. The van der Waals surface area contributed by atoms with Crippen molar-refractivity contribution < 1.29 is 4.79 Å². The number of nitrogens with one attached hydrogen (secondary N) is 1. The minimum atomic E-state index is -0.400. The molecule has 0 fully saturated rings. The Labute approximate surface area is 128 Å². The fourth-order valence-corrected chi connectivity index (χ4v) is 2.01. The maximum absolute atomic E-state index is 12.0. The number of hydrogen-bond acceptors (Lipinski definition) is 3. The van der Waals surface area contributed by atoms with Crippen molar-refractivity contribution in [3.8, 4) is 0 Å². The maximum Gasteiger partial charge on any atom is 0.258 e. The van der Waals surface area contributed by atoms with Gasteiger partial charge in [0.25, 0.3) is 5.91 Å². The van der Waals surface area contributed by atoms with E-state index in [0.29, 0.717) is 16.4 Å². The molecular weight excluding hydrogens is 353 g/mol. The lowest BCUT2D eigenvalue weighted by Crippen LogP contribution is -2.13. The molecule has 0 aliphatic carbocycles. The average molecular weight is 361 g/mol. The third kappa shape index (κ3) is 3.37. The van der Waals surface area contributed by atoms with Gasteiger partial charge in [-0.25, -0.2) is 4.98 Å². The number of amides is 1. The second kappa shape index (κ2) is 5.77. The summed E-state index contributed by atoms with van der Waals surface area (Å²) in [6.45, 7) is 0. The Kier molecular flexibility index (Phi) is 4.29. The number of aromatic nitrogens is 1. The summed E-state index contributed by atoms with van der Waals surface area (Å²) in [5.74, 6) is -0.400. The van der Waals surface area contributed by atoms with Crippen LogP contribution in [0.5, 0.6) is 0 Å². The van der Waals surface area contributed by atoms with E-state index in [0.717, 1.165) is 4.47 Å². The second-order valence-corrected chi connectivity index (χ2v) is 5.31. The molecule has 0 radical (unpaired) electrons. The summed E-state index contributed by atoms with van der Waals surface area (Å²) >= 11 is 15.1. The Balaban J connectivity index is 2.25. The van der Waals surface area contributed by atoms with Crippen LogP contribution in [0.3, 0.4) is 0 Å². The van der Waals surface area contributed by atoms with Crippen LogP contribution in [0.15, 0.2) is 34.9 Å². The van der Waals surface area contributed by atoms with E-state index in [-0.39, 0.29) is 10.7 Å². The maximum atomic E-state index is 12.0. The molecule has 7 heteroatoms. The smallest absolute Gasteiger partial charge is 0.258 e. The summed E-state index contributed by atoms with van der Waals surface area (Å²) in [5.41, 5.74) is 6.70. The molecule has 1 amide bonds. The third-order valence-electron chi connectivity index (χ3n) is 2.28. The van der Waals surface area contributed by atoms with Gasteiger partial charge in [-0.1, -0.05) is 23.2 Å². The summed E-state index contributed by atoms with van der Waals surface area (Å²) in [6, 6.07) is 6.53. The second-order valence-electron chi connectivity index (χ2n) is 3.69. The molecular formula is C12H8BrCl2N3O. The predicted octanol–water partition coefficient (Wildman–Crippen LogP) is 3.99. The first-order valence-electron chi connectivity index (χ1n) is 5.15. The number of hydrogen-bond donors (Lipinski definition) is 2. The van der Waals surface area contributed by atoms with Crippen LogP contribution in [-0.4, -0.2) is 10.9 Å². The van der Waals surface area contributed by atoms with Crippen LogP contribution in [0.2, 0.25) is 10.2 Å². The van der Waals surface area contributed by atoms with E-state index in [1.807, 2.05) is 0 Å². The molecule has 3 N–H and O–H groups in total. The normalized spacial score (nSPS) is 10.3. The van der Waals surface area contributed by atoms with Crippen molar-refractivity contribution in [1.29, 1.82) is 0 Å². The van der Waals surface area contributed by atoms with Crippen LogP contribution in [0.1, 0.15) is 10.4 Å². The van der Waals surface area contributed by atoms with Gasteiger partial charge in [0.1, 0.15) is 5.15 Å². The molecule has 0 unspecified atom stereocenters. The molecule has 1 aromatic heterocycles. The van der Waals surface area contributed by atoms with Gasteiger partial charge in [-0.3, -0.25) is 4.79 Å². The third-order valence-corrected chi connectivity index (χ3v) is 3.82. The summed E-state index contributed by atoms with van der Waals surface area (Å²) in [4.78, 5) is 15.9. The molecule has 0 aliphatic heterocycles. The molecule has 1 aromatic carbocycles. The minimum Gasteiger partial charge on any atom is -0.397 e. The number of anilines is 2. The van der Waals surface area contributed by atoms with Crippen LogP contribution in [0.25, 0.3) is 0 Å². The Morgan fingerprint density at radius 2 is 2.05 bits per heavy atom. The van der Waals surface area contributed by atoms with Gasteiger partial charge in [0.15, 0.2) is 0 Å². The first kappa shape index (κ1) is 14.1. The number of carbonyl (C=O) groups excluding carboxylic acids is 1. The fourth-order valence-electron chi connectivity index (χ4n) is 1.40. The van der Waals surface area contributed by atoms with Gasteiger partial charge in [0.05, 0.1) is 22.5 Å². The SMILES string of the molecule is Nc1cnc(Cl)c(C(=O)Nc2ccc(Br)c(Cl)c2)c1. The highest BCUT2D eigenvalue weighted by Gasteiger charge is 2.12. The van der Waals surface area contributed by atoms with Crippen molar-refractivity contribution in [3.05, 3.63) is 50.7 Å². The van der Waals surface area contributed by atoms with E-state index in [1.165, 1.54) is 12.3 Å². The highest BCUT2D eigenvalue weighted by molar-refractivity contribution is 9.10. The number of benzene rings is 1. The van der Waals surface area contributed by atoms with E-state index in [4.69, 9.17) is 28.9 Å². The van der Waals surface area contributed by atoms with Crippen LogP contribution < -0.4 is 11.1 Å². The first-order valence-corrected chi connectivity index (χ1v) is 6.69. The molecule has 98 valence electrons. The van der Waals surface area contributed by atoms with Crippen LogP contribution >= 0.6 is 39.1 Å². The van der Waals surface area contributed by atoms with Crippen molar-refractivity contribution in [3.63, 3.8) is 0 Å². The van der Waals surface area contributed by atoms with Gasteiger partial charge >= 0.3 is 0 Å². The highest BCUT2D eigenvalue weighted by atomic mass is 79.9. The zero-order valence-electron chi connectivity index (χ0n) is 9.45. The largest absolute Gasteiger partial charge is 0.397 e. The Morgan fingerprint density at radius 1 is 1.32 bits per heavy atom. The number of nitrogens with zero attached hydrogens (tertiary/aromatic N) is 1.